The van der Waals surface area contributed by atoms with Gasteiger partial charge < -0.3 is 15.2 Å². The smallest absolute Gasteiger partial charge is 0.269 e. The Morgan fingerprint density at radius 3 is 2.05 bits per heavy atom. The molecule has 0 fully saturated rings. The van der Waals surface area contributed by atoms with E-state index in [0.717, 1.165) is 11.1 Å². The van der Waals surface area contributed by atoms with Crippen molar-refractivity contribution >= 4 is 11.4 Å². The highest BCUT2D eigenvalue weighted by Crippen LogP contribution is 2.33. The number of nitrogens with two attached hydrogens (primary N) is 1. The number of non-ortho nitro benzene ring substituents is 1. The van der Waals surface area contributed by atoms with Gasteiger partial charge in [0.15, 0.2) is 0 Å². The van der Waals surface area contributed by atoms with Crippen molar-refractivity contribution in [3.05, 3.63) is 57.6 Å². The lowest BCUT2D eigenvalue weighted by Crippen LogP contribution is -2.00. The average molecular weight is 288 g/mol. The van der Waals surface area contributed by atoms with Crippen molar-refractivity contribution in [2.75, 3.05) is 20.0 Å². The number of nitrogens with zero attached hydrogens (tertiary/aromatic N) is 1. The zero-order valence-electron chi connectivity index (χ0n) is 11.8. The molecule has 0 amide bonds. The van der Waals surface area contributed by atoms with Crippen LogP contribution in [0.5, 0.6) is 11.5 Å². The van der Waals surface area contributed by atoms with Crippen molar-refractivity contribution in [2.24, 2.45) is 0 Å². The van der Waals surface area contributed by atoms with Crippen LogP contribution in [0.1, 0.15) is 11.1 Å². The molecule has 21 heavy (non-hydrogen) atoms. The second-order valence-electron chi connectivity index (χ2n) is 4.50. The zero-order valence-corrected chi connectivity index (χ0v) is 11.8. The van der Waals surface area contributed by atoms with Gasteiger partial charge in [-0.3, -0.25) is 10.1 Å². The van der Waals surface area contributed by atoms with Crippen molar-refractivity contribution in [2.45, 2.75) is 6.42 Å². The third-order valence-corrected chi connectivity index (χ3v) is 3.16. The maximum absolute atomic E-state index is 10.7. The Hall–Kier alpha value is -2.76. The number of benzene rings is 2. The zero-order chi connectivity index (χ0) is 15.4. The van der Waals surface area contributed by atoms with Gasteiger partial charge in [-0.05, 0) is 5.56 Å². The lowest BCUT2D eigenvalue weighted by Gasteiger charge is -2.14. The first-order valence-corrected chi connectivity index (χ1v) is 6.29. The molecule has 6 nitrogen and oxygen atoms in total. The van der Waals surface area contributed by atoms with E-state index in [1.165, 1.54) is 12.1 Å². The number of methoxy groups -OCH3 is 2. The highest BCUT2D eigenvalue weighted by molar-refractivity contribution is 5.57. The van der Waals surface area contributed by atoms with Crippen LogP contribution in [0.4, 0.5) is 11.4 Å². The van der Waals surface area contributed by atoms with E-state index in [9.17, 15) is 10.1 Å². The maximum Gasteiger partial charge on any atom is 0.269 e. The highest BCUT2D eigenvalue weighted by atomic mass is 16.6. The van der Waals surface area contributed by atoms with Crippen molar-refractivity contribution in [3.8, 4) is 11.5 Å². The van der Waals surface area contributed by atoms with Gasteiger partial charge in [-0.15, -0.1) is 0 Å². The van der Waals surface area contributed by atoms with Crippen LogP contribution in [0.2, 0.25) is 0 Å². The topological polar surface area (TPSA) is 87.6 Å². The summed E-state index contributed by atoms with van der Waals surface area (Å²) in [5.41, 5.74) is 8.18. The molecule has 110 valence electrons. The first-order valence-electron chi connectivity index (χ1n) is 6.29. The number of hydrogen-bond donors (Lipinski definition) is 1. The Bertz CT molecular complexity index is 628. The molecule has 2 rings (SSSR count). The second-order valence-corrected chi connectivity index (χ2v) is 4.50. The first-order chi connectivity index (χ1) is 10.0. The van der Waals surface area contributed by atoms with Gasteiger partial charge in [0.1, 0.15) is 11.5 Å². The Balaban J connectivity index is 2.36. The predicted molar refractivity (Wildman–Crippen MR) is 79.9 cm³/mol. The summed E-state index contributed by atoms with van der Waals surface area (Å²) >= 11 is 0. The van der Waals surface area contributed by atoms with E-state index in [-0.39, 0.29) is 5.69 Å². The van der Waals surface area contributed by atoms with Gasteiger partial charge in [0, 0.05) is 41.9 Å². The monoisotopic (exact) mass is 288 g/mol. The lowest BCUT2D eigenvalue weighted by molar-refractivity contribution is -0.384. The van der Waals surface area contributed by atoms with Crippen LogP contribution in [0.3, 0.4) is 0 Å². The van der Waals surface area contributed by atoms with Gasteiger partial charge in [0.2, 0.25) is 0 Å². The molecule has 6 heteroatoms. The van der Waals surface area contributed by atoms with E-state index in [0.29, 0.717) is 23.6 Å². The SMILES string of the molecule is COc1cc(N)cc(OC)c1Cc1ccc([N+](=O)[O-])cc1. The van der Waals surface area contributed by atoms with Crippen LogP contribution in [-0.2, 0) is 6.42 Å². The van der Waals surface area contributed by atoms with Crippen LogP contribution < -0.4 is 15.2 Å². The molecular formula is C15H16N2O4. The summed E-state index contributed by atoms with van der Waals surface area (Å²) in [7, 11) is 3.13. The Morgan fingerprint density at radius 1 is 1.10 bits per heavy atom. The van der Waals surface area contributed by atoms with E-state index in [2.05, 4.69) is 0 Å². The van der Waals surface area contributed by atoms with Crippen LogP contribution in [-0.4, -0.2) is 19.1 Å². The van der Waals surface area contributed by atoms with Gasteiger partial charge in [0.05, 0.1) is 19.1 Å². The van der Waals surface area contributed by atoms with Crippen molar-refractivity contribution < 1.29 is 14.4 Å². The molecule has 0 saturated heterocycles. The quantitative estimate of drug-likeness (QED) is 0.519. The molecule has 0 aliphatic carbocycles. The van der Waals surface area contributed by atoms with Gasteiger partial charge >= 0.3 is 0 Å². The van der Waals surface area contributed by atoms with E-state index < -0.39 is 4.92 Å². The summed E-state index contributed by atoms with van der Waals surface area (Å²) < 4.78 is 10.7. The molecular weight excluding hydrogens is 272 g/mol. The number of ether oxygens (including phenoxy) is 2. The third kappa shape index (κ3) is 3.22. The van der Waals surface area contributed by atoms with Crippen LogP contribution in [0, 0.1) is 10.1 Å². The summed E-state index contributed by atoms with van der Waals surface area (Å²) in [4.78, 5) is 10.2. The lowest BCUT2D eigenvalue weighted by atomic mass is 10.0. The summed E-state index contributed by atoms with van der Waals surface area (Å²) in [6, 6.07) is 9.84. The molecule has 0 unspecified atom stereocenters. The minimum absolute atomic E-state index is 0.0648. The molecule has 0 saturated carbocycles. The fourth-order valence-corrected chi connectivity index (χ4v) is 2.12. The molecule has 0 atom stereocenters. The molecule has 0 aliphatic rings. The molecule has 0 aromatic heterocycles. The van der Waals surface area contributed by atoms with Crippen LogP contribution >= 0.6 is 0 Å². The van der Waals surface area contributed by atoms with E-state index >= 15 is 0 Å². The molecule has 0 aliphatic heterocycles. The Labute approximate surface area is 122 Å². The highest BCUT2D eigenvalue weighted by Gasteiger charge is 2.13. The third-order valence-electron chi connectivity index (χ3n) is 3.16. The minimum Gasteiger partial charge on any atom is -0.496 e. The molecule has 2 aromatic carbocycles. The number of hydrogen-bond acceptors (Lipinski definition) is 5. The minimum atomic E-state index is -0.422. The molecule has 2 N–H and O–H groups in total. The first kappa shape index (κ1) is 14.6. The molecule has 2 aromatic rings. The average Bonchev–Trinajstić information content (AvgIpc) is 2.48. The number of nitro groups is 1. The fraction of sp³-hybridized carbons (Fsp3) is 0.200. The predicted octanol–water partition coefficient (Wildman–Crippen LogP) is 2.79. The molecule has 0 spiro atoms. The number of nitro benzene ring substituents is 1. The van der Waals surface area contributed by atoms with Crippen LogP contribution in [0.15, 0.2) is 36.4 Å². The van der Waals surface area contributed by atoms with Crippen molar-refractivity contribution in [1.29, 1.82) is 0 Å². The summed E-state index contributed by atoms with van der Waals surface area (Å²) in [5.74, 6) is 1.26. The Kier molecular flexibility index (Phi) is 4.27. The summed E-state index contributed by atoms with van der Waals surface area (Å²) in [5, 5.41) is 10.7. The molecule has 0 radical (unpaired) electrons. The Morgan fingerprint density at radius 2 is 1.62 bits per heavy atom. The maximum atomic E-state index is 10.7. The van der Waals surface area contributed by atoms with Crippen molar-refractivity contribution in [3.63, 3.8) is 0 Å². The van der Waals surface area contributed by atoms with E-state index in [1.807, 2.05) is 0 Å². The molecule has 0 bridgehead atoms. The summed E-state index contributed by atoms with van der Waals surface area (Å²) in [6.07, 6.45) is 0.532. The van der Waals surface area contributed by atoms with Crippen LogP contribution in [0.25, 0.3) is 0 Å². The largest absolute Gasteiger partial charge is 0.496 e. The van der Waals surface area contributed by atoms with Crippen molar-refractivity contribution in [1.82, 2.24) is 0 Å². The van der Waals surface area contributed by atoms with Gasteiger partial charge in [0.25, 0.3) is 5.69 Å². The van der Waals surface area contributed by atoms with Gasteiger partial charge in [-0.2, -0.15) is 0 Å². The number of anilines is 1. The fourth-order valence-electron chi connectivity index (χ4n) is 2.12. The standard InChI is InChI=1S/C15H16N2O4/c1-20-14-8-11(16)9-15(21-2)13(14)7-10-3-5-12(6-4-10)17(18)19/h3-6,8-9H,7,16H2,1-2H3. The normalized spacial score (nSPS) is 10.2. The van der Waals surface area contributed by atoms with Gasteiger partial charge in [-0.1, -0.05) is 12.1 Å². The van der Waals surface area contributed by atoms with E-state index in [4.69, 9.17) is 15.2 Å². The summed E-state index contributed by atoms with van der Waals surface area (Å²) in [6.45, 7) is 0. The number of rotatable bonds is 5. The van der Waals surface area contributed by atoms with Gasteiger partial charge in [-0.25, -0.2) is 0 Å². The molecule has 0 heterocycles. The number of nitrogen functional groups attached to an aromatic ring is 1. The van der Waals surface area contributed by atoms with E-state index in [1.54, 1.807) is 38.5 Å². The second kappa shape index (κ2) is 6.13.